The fourth-order valence-corrected chi connectivity index (χ4v) is 1.11. The van der Waals surface area contributed by atoms with Gasteiger partial charge < -0.3 is 4.52 Å². The van der Waals surface area contributed by atoms with E-state index < -0.39 is 8.69 Å². The van der Waals surface area contributed by atoms with Crippen molar-refractivity contribution in [3.63, 3.8) is 0 Å². The average Bonchev–Trinajstić information content (AvgIpc) is 1.94. The summed E-state index contributed by atoms with van der Waals surface area (Å²) in [6.07, 6.45) is 0. The van der Waals surface area contributed by atoms with Crippen LogP contribution < -0.4 is 4.52 Å². The molecule has 0 heterocycles. The van der Waals surface area contributed by atoms with Crippen LogP contribution in [0.5, 0.6) is 5.75 Å². The van der Waals surface area contributed by atoms with E-state index in [9.17, 15) is 4.57 Å². The zero-order valence-electron chi connectivity index (χ0n) is 5.70. The third-order valence-corrected chi connectivity index (χ3v) is 1.62. The van der Waals surface area contributed by atoms with Gasteiger partial charge in [-0.05, 0) is 18.6 Å². The molecule has 0 spiro atoms. The Morgan fingerprint density at radius 2 is 2.00 bits per heavy atom. The summed E-state index contributed by atoms with van der Waals surface area (Å²) in [6, 6.07) is 7.50. The molecular formula is C7H11CaO2P. The van der Waals surface area contributed by atoms with E-state index in [1.807, 2.05) is 25.1 Å². The van der Waals surface area contributed by atoms with Gasteiger partial charge >= 0.3 is 37.7 Å². The van der Waals surface area contributed by atoms with Gasteiger partial charge in [0.1, 0.15) is 5.75 Å². The summed E-state index contributed by atoms with van der Waals surface area (Å²) in [7, 11) is -1.14. The Morgan fingerprint density at radius 3 is 2.55 bits per heavy atom. The number of rotatable bonds is 2. The molecule has 1 unspecified atom stereocenters. The monoisotopic (exact) mass is 198 g/mol. The van der Waals surface area contributed by atoms with Gasteiger partial charge in [-0.1, -0.05) is 18.2 Å². The molecule has 1 aromatic carbocycles. The van der Waals surface area contributed by atoms with Gasteiger partial charge in [0.2, 0.25) is 8.69 Å². The van der Waals surface area contributed by atoms with Gasteiger partial charge in [0, 0.05) is 0 Å². The van der Waals surface area contributed by atoms with Crippen molar-refractivity contribution in [3.05, 3.63) is 29.8 Å². The molecule has 0 saturated heterocycles. The van der Waals surface area contributed by atoms with E-state index >= 15 is 0 Å². The average molecular weight is 198 g/mol. The SMILES string of the molecule is Cc1ccccc1O[PH2]=O.[CaH2]. The predicted octanol–water partition coefficient (Wildman–Crippen LogP) is 1.13. The first-order valence-corrected chi connectivity index (χ1v) is 3.95. The fourth-order valence-electron chi connectivity index (χ4n) is 0.740. The second-order valence-electron chi connectivity index (χ2n) is 1.98. The van der Waals surface area contributed by atoms with Crippen LogP contribution in [-0.4, -0.2) is 37.7 Å². The van der Waals surface area contributed by atoms with Crippen LogP contribution in [-0.2, 0) is 4.57 Å². The maximum absolute atomic E-state index is 10.1. The summed E-state index contributed by atoms with van der Waals surface area (Å²) < 4.78 is 15.0. The van der Waals surface area contributed by atoms with Gasteiger partial charge in [-0.3, -0.25) is 4.57 Å². The van der Waals surface area contributed by atoms with E-state index in [1.165, 1.54) is 0 Å². The first kappa shape index (κ1) is 11.5. The van der Waals surface area contributed by atoms with Crippen molar-refractivity contribution in [2.45, 2.75) is 6.92 Å². The van der Waals surface area contributed by atoms with E-state index in [1.54, 1.807) is 6.07 Å². The van der Waals surface area contributed by atoms with Crippen LogP contribution in [0.2, 0.25) is 0 Å². The Morgan fingerprint density at radius 1 is 1.36 bits per heavy atom. The maximum atomic E-state index is 10.1. The van der Waals surface area contributed by atoms with Crippen molar-refractivity contribution in [1.29, 1.82) is 0 Å². The number of para-hydroxylation sites is 1. The third-order valence-electron chi connectivity index (χ3n) is 1.27. The normalized spacial score (nSPS) is 9.55. The molecule has 0 amide bonds. The topological polar surface area (TPSA) is 26.3 Å². The first-order valence-electron chi connectivity index (χ1n) is 3.00. The zero-order chi connectivity index (χ0) is 7.40. The zero-order valence-corrected chi connectivity index (χ0v) is 6.86. The van der Waals surface area contributed by atoms with Gasteiger partial charge in [-0.25, -0.2) is 0 Å². The third kappa shape index (κ3) is 3.61. The van der Waals surface area contributed by atoms with E-state index in [-0.39, 0.29) is 37.7 Å². The molecule has 11 heavy (non-hydrogen) atoms. The standard InChI is InChI=1S/C7H9O2P.Ca.2H/c1-6-4-2-3-5-7(6)9-10-8;;;/h2-5H,10H2,1H3;;;. The summed E-state index contributed by atoms with van der Waals surface area (Å²) in [5.74, 6) is 0.715. The number of hydrogen-bond acceptors (Lipinski definition) is 2. The number of aryl methyl sites for hydroxylation is 1. The molecule has 0 bridgehead atoms. The molecule has 0 saturated carbocycles. The second-order valence-corrected chi connectivity index (χ2v) is 2.41. The van der Waals surface area contributed by atoms with Crippen molar-refractivity contribution in [2.75, 3.05) is 0 Å². The minimum atomic E-state index is -1.14. The molecule has 2 nitrogen and oxygen atoms in total. The van der Waals surface area contributed by atoms with Crippen molar-refractivity contribution < 1.29 is 9.09 Å². The summed E-state index contributed by atoms with van der Waals surface area (Å²) in [6.45, 7) is 1.92. The van der Waals surface area contributed by atoms with Crippen molar-refractivity contribution in [3.8, 4) is 5.75 Å². The Kier molecular flexibility index (Phi) is 6.35. The molecule has 4 heteroatoms. The molecule has 0 aliphatic heterocycles. The molecule has 1 aromatic rings. The summed E-state index contributed by atoms with van der Waals surface area (Å²) in [5.41, 5.74) is 1.02. The Labute approximate surface area is 97.2 Å². The molecule has 0 aromatic heterocycles. The van der Waals surface area contributed by atoms with Crippen molar-refractivity contribution >= 4 is 46.4 Å². The quantitative estimate of drug-likeness (QED) is 0.526. The molecule has 1 atom stereocenters. The van der Waals surface area contributed by atoms with Gasteiger partial charge in [0.05, 0.1) is 0 Å². The van der Waals surface area contributed by atoms with Gasteiger partial charge in [-0.15, -0.1) is 0 Å². The number of benzene rings is 1. The van der Waals surface area contributed by atoms with E-state index in [0.717, 1.165) is 5.56 Å². The molecular weight excluding hydrogens is 187 g/mol. The Balaban J connectivity index is 0.000001000. The van der Waals surface area contributed by atoms with Crippen LogP contribution in [0.1, 0.15) is 5.56 Å². The molecule has 0 radical (unpaired) electrons. The van der Waals surface area contributed by atoms with Crippen molar-refractivity contribution in [2.24, 2.45) is 0 Å². The predicted molar refractivity (Wildman–Crippen MR) is 50.7 cm³/mol. The van der Waals surface area contributed by atoms with Gasteiger partial charge in [-0.2, -0.15) is 0 Å². The molecule has 1 rings (SSSR count). The van der Waals surface area contributed by atoms with Gasteiger partial charge in [0.25, 0.3) is 0 Å². The van der Waals surface area contributed by atoms with E-state index in [2.05, 4.69) is 0 Å². The second kappa shape index (κ2) is 6.07. The van der Waals surface area contributed by atoms with Crippen LogP contribution >= 0.6 is 8.69 Å². The molecule has 58 valence electrons. The summed E-state index contributed by atoms with van der Waals surface area (Å²) in [4.78, 5) is 0. The summed E-state index contributed by atoms with van der Waals surface area (Å²) >= 11 is 0. The van der Waals surface area contributed by atoms with E-state index in [0.29, 0.717) is 5.75 Å². The molecule has 0 fully saturated rings. The van der Waals surface area contributed by atoms with Gasteiger partial charge in [0.15, 0.2) is 0 Å². The molecule has 0 N–H and O–H groups in total. The fraction of sp³-hybridized carbons (Fsp3) is 0.143. The minimum absolute atomic E-state index is 0. The molecule has 0 aliphatic carbocycles. The van der Waals surface area contributed by atoms with Crippen LogP contribution in [0.15, 0.2) is 24.3 Å². The van der Waals surface area contributed by atoms with Crippen LogP contribution in [0.25, 0.3) is 0 Å². The first-order chi connectivity index (χ1) is 4.84. The Hall–Kier alpha value is 0.510. The molecule has 0 aliphatic rings. The van der Waals surface area contributed by atoms with Crippen LogP contribution in [0, 0.1) is 6.92 Å². The van der Waals surface area contributed by atoms with E-state index in [4.69, 9.17) is 4.52 Å². The van der Waals surface area contributed by atoms with Crippen LogP contribution in [0.4, 0.5) is 0 Å². The Bertz CT molecular complexity index is 240. The number of hydrogen-bond donors (Lipinski definition) is 0. The van der Waals surface area contributed by atoms with Crippen LogP contribution in [0.3, 0.4) is 0 Å². The van der Waals surface area contributed by atoms with Crippen molar-refractivity contribution in [1.82, 2.24) is 0 Å². The summed E-state index contributed by atoms with van der Waals surface area (Å²) in [5, 5.41) is 0.